The van der Waals surface area contributed by atoms with Gasteiger partial charge in [-0.2, -0.15) is 9.61 Å². The maximum absolute atomic E-state index is 12.3. The minimum Gasteiger partial charge on any atom is -0.477 e. The van der Waals surface area contributed by atoms with Gasteiger partial charge in [0.2, 0.25) is 0 Å². The molecule has 0 radical (unpaired) electrons. The quantitative estimate of drug-likeness (QED) is 0.223. The SMILES string of the molecule is CC(C)(C)OC(=O)Nc1ccc(-c2cnc3c(C(=O)O)cnn3c2N(Cc2ccccc2)Cc2ccccc2)cc1. The maximum Gasteiger partial charge on any atom is 0.412 e. The summed E-state index contributed by atoms with van der Waals surface area (Å²) in [4.78, 5) is 30.9. The van der Waals surface area contributed by atoms with E-state index in [2.05, 4.69) is 44.6 Å². The fraction of sp³-hybridized carbons (Fsp3) is 0.188. The number of ether oxygens (including phenoxy) is 1. The highest BCUT2D eigenvalue weighted by Gasteiger charge is 2.23. The molecule has 0 unspecified atom stereocenters. The first kappa shape index (κ1) is 27.4. The smallest absolute Gasteiger partial charge is 0.412 e. The minimum atomic E-state index is -1.10. The third-order valence-electron chi connectivity index (χ3n) is 6.30. The summed E-state index contributed by atoms with van der Waals surface area (Å²) in [5, 5.41) is 17.0. The lowest BCUT2D eigenvalue weighted by molar-refractivity contribution is 0.0634. The zero-order chi connectivity index (χ0) is 29.0. The number of amides is 1. The molecule has 0 spiro atoms. The molecule has 2 N–H and O–H groups in total. The summed E-state index contributed by atoms with van der Waals surface area (Å²) in [5.41, 5.74) is 4.00. The molecule has 1 amide bonds. The molecule has 5 aromatic rings. The molecule has 0 aliphatic rings. The third kappa shape index (κ3) is 6.52. The largest absolute Gasteiger partial charge is 0.477 e. The van der Waals surface area contributed by atoms with Crippen molar-refractivity contribution in [1.29, 1.82) is 0 Å². The van der Waals surface area contributed by atoms with E-state index in [1.807, 2.05) is 69.3 Å². The molecular weight excluding hydrogens is 518 g/mol. The Hall–Kier alpha value is -5.18. The number of aromatic carboxylic acids is 1. The molecule has 0 saturated carbocycles. The maximum atomic E-state index is 12.3. The lowest BCUT2D eigenvalue weighted by Crippen LogP contribution is -2.27. The fourth-order valence-electron chi connectivity index (χ4n) is 4.55. The highest BCUT2D eigenvalue weighted by molar-refractivity contribution is 5.95. The van der Waals surface area contributed by atoms with Gasteiger partial charge in [-0.25, -0.2) is 14.6 Å². The van der Waals surface area contributed by atoms with E-state index >= 15 is 0 Å². The summed E-state index contributed by atoms with van der Waals surface area (Å²) < 4.78 is 6.96. The second kappa shape index (κ2) is 11.5. The lowest BCUT2D eigenvalue weighted by atomic mass is 10.1. The third-order valence-corrected chi connectivity index (χ3v) is 6.30. The lowest BCUT2D eigenvalue weighted by Gasteiger charge is -2.28. The fourth-order valence-corrected chi connectivity index (χ4v) is 4.55. The summed E-state index contributed by atoms with van der Waals surface area (Å²) in [5.74, 6) is -0.399. The Bertz CT molecular complexity index is 1620. The molecule has 208 valence electrons. The summed E-state index contributed by atoms with van der Waals surface area (Å²) in [6.45, 7) is 6.51. The molecule has 0 saturated heterocycles. The van der Waals surface area contributed by atoms with Crippen molar-refractivity contribution >= 4 is 29.2 Å². The van der Waals surface area contributed by atoms with Crippen molar-refractivity contribution in [3.05, 3.63) is 114 Å². The van der Waals surface area contributed by atoms with Crippen LogP contribution in [0.15, 0.2) is 97.3 Å². The summed E-state index contributed by atoms with van der Waals surface area (Å²) in [6, 6.07) is 27.5. The second-order valence-electron chi connectivity index (χ2n) is 10.6. The first-order valence-electron chi connectivity index (χ1n) is 13.2. The normalized spacial score (nSPS) is 11.3. The van der Waals surface area contributed by atoms with Crippen LogP contribution in [0.1, 0.15) is 42.3 Å². The number of fused-ring (bicyclic) bond motifs is 1. The van der Waals surface area contributed by atoms with Gasteiger partial charge in [-0.1, -0.05) is 72.8 Å². The van der Waals surface area contributed by atoms with Gasteiger partial charge in [-0.15, -0.1) is 0 Å². The van der Waals surface area contributed by atoms with Crippen LogP contribution < -0.4 is 10.2 Å². The standard InChI is InChI=1S/C32H31N5O4/c1-32(2,3)41-31(40)35-25-16-14-24(15-17-25)26-18-33-28-27(30(38)39)19-34-37(28)29(26)36(20-22-10-6-4-7-11-22)21-23-12-8-5-9-13-23/h4-19H,20-21H2,1-3H3,(H,35,40)(H,38,39). The Kier molecular flexibility index (Phi) is 7.69. The van der Waals surface area contributed by atoms with Crippen molar-refractivity contribution < 1.29 is 19.4 Å². The van der Waals surface area contributed by atoms with Crippen LogP contribution in [-0.2, 0) is 17.8 Å². The zero-order valence-corrected chi connectivity index (χ0v) is 23.1. The van der Waals surface area contributed by atoms with E-state index < -0.39 is 17.7 Å². The molecule has 2 aromatic heterocycles. The molecule has 5 rings (SSSR count). The molecule has 0 aliphatic heterocycles. The van der Waals surface area contributed by atoms with E-state index in [-0.39, 0.29) is 11.2 Å². The van der Waals surface area contributed by atoms with E-state index in [0.29, 0.717) is 24.6 Å². The number of carboxylic acids is 1. The average molecular weight is 550 g/mol. The first-order chi connectivity index (χ1) is 19.7. The van der Waals surface area contributed by atoms with Gasteiger partial charge >= 0.3 is 12.1 Å². The number of rotatable bonds is 8. The van der Waals surface area contributed by atoms with Crippen LogP contribution in [0.25, 0.3) is 16.8 Å². The van der Waals surface area contributed by atoms with Crippen LogP contribution in [-0.4, -0.2) is 37.4 Å². The van der Waals surface area contributed by atoms with E-state index in [0.717, 1.165) is 22.3 Å². The van der Waals surface area contributed by atoms with Crippen molar-refractivity contribution in [2.45, 2.75) is 39.5 Å². The van der Waals surface area contributed by atoms with Crippen molar-refractivity contribution in [3.8, 4) is 11.1 Å². The Balaban J connectivity index is 1.61. The van der Waals surface area contributed by atoms with Gasteiger partial charge in [0.05, 0.1) is 6.20 Å². The van der Waals surface area contributed by atoms with Gasteiger partial charge in [0.25, 0.3) is 0 Å². The number of hydrogen-bond donors (Lipinski definition) is 2. The summed E-state index contributed by atoms with van der Waals surface area (Å²) in [6.07, 6.45) is 2.47. The molecule has 41 heavy (non-hydrogen) atoms. The first-order valence-corrected chi connectivity index (χ1v) is 13.2. The van der Waals surface area contributed by atoms with Crippen LogP contribution in [0.5, 0.6) is 0 Å². The van der Waals surface area contributed by atoms with E-state index in [9.17, 15) is 14.7 Å². The number of hydrogen-bond acceptors (Lipinski definition) is 6. The number of anilines is 2. The Labute approximate surface area is 238 Å². The molecule has 2 heterocycles. The Morgan fingerprint density at radius 1 is 0.878 bits per heavy atom. The topological polar surface area (TPSA) is 109 Å². The molecule has 9 nitrogen and oxygen atoms in total. The molecule has 0 bridgehead atoms. The number of nitrogens with zero attached hydrogens (tertiary/aromatic N) is 4. The van der Waals surface area contributed by atoms with Crippen LogP contribution >= 0.6 is 0 Å². The average Bonchev–Trinajstić information content (AvgIpc) is 3.37. The van der Waals surface area contributed by atoms with Crippen LogP contribution in [0.3, 0.4) is 0 Å². The number of nitrogens with one attached hydrogen (secondary N) is 1. The predicted octanol–water partition coefficient (Wildman–Crippen LogP) is 6.65. The number of carbonyl (C=O) groups excluding carboxylic acids is 1. The molecular formula is C32H31N5O4. The number of carbonyl (C=O) groups is 2. The Morgan fingerprint density at radius 3 is 2.00 bits per heavy atom. The van der Waals surface area contributed by atoms with Crippen molar-refractivity contribution in [1.82, 2.24) is 14.6 Å². The van der Waals surface area contributed by atoms with Gasteiger partial charge in [-0.3, -0.25) is 5.32 Å². The van der Waals surface area contributed by atoms with E-state index in [1.165, 1.54) is 6.20 Å². The van der Waals surface area contributed by atoms with Crippen LogP contribution in [0, 0.1) is 0 Å². The zero-order valence-electron chi connectivity index (χ0n) is 23.1. The molecule has 0 aliphatic carbocycles. The number of benzene rings is 3. The number of aromatic nitrogens is 3. The van der Waals surface area contributed by atoms with Crippen molar-refractivity contribution in [2.24, 2.45) is 0 Å². The molecule has 0 atom stereocenters. The van der Waals surface area contributed by atoms with Gasteiger partial charge < -0.3 is 14.7 Å². The monoisotopic (exact) mass is 549 g/mol. The van der Waals surface area contributed by atoms with E-state index in [1.54, 1.807) is 22.8 Å². The number of carboxylic acid groups (broad SMARTS) is 1. The Morgan fingerprint density at radius 2 is 1.46 bits per heavy atom. The van der Waals surface area contributed by atoms with Gasteiger partial charge in [0.15, 0.2) is 5.65 Å². The summed E-state index contributed by atoms with van der Waals surface area (Å²) >= 11 is 0. The highest BCUT2D eigenvalue weighted by atomic mass is 16.6. The second-order valence-corrected chi connectivity index (χ2v) is 10.6. The van der Waals surface area contributed by atoms with Gasteiger partial charge in [0, 0.05) is 30.5 Å². The minimum absolute atomic E-state index is 0.0223. The van der Waals surface area contributed by atoms with E-state index in [4.69, 9.17) is 4.74 Å². The van der Waals surface area contributed by atoms with Crippen molar-refractivity contribution in [3.63, 3.8) is 0 Å². The van der Waals surface area contributed by atoms with Gasteiger partial charge in [0.1, 0.15) is 17.0 Å². The van der Waals surface area contributed by atoms with Crippen LogP contribution in [0.2, 0.25) is 0 Å². The molecule has 0 fully saturated rings. The predicted molar refractivity (Wildman–Crippen MR) is 158 cm³/mol. The molecule has 3 aromatic carbocycles. The van der Waals surface area contributed by atoms with Crippen LogP contribution in [0.4, 0.5) is 16.3 Å². The molecule has 9 heteroatoms. The van der Waals surface area contributed by atoms with Gasteiger partial charge in [-0.05, 0) is 49.6 Å². The highest BCUT2D eigenvalue weighted by Crippen LogP contribution is 2.34. The van der Waals surface area contributed by atoms with Crippen molar-refractivity contribution in [2.75, 3.05) is 10.2 Å². The summed E-state index contributed by atoms with van der Waals surface area (Å²) in [7, 11) is 0.